The summed E-state index contributed by atoms with van der Waals surface area (Å²) in [5.74, 6) is -0.671. The third kappa shape index (κ3) is 5.80. The van der Waals surface area contributed by atoms with Gasteiger partial charge in [0.25, 0.3) is 0 Å². The standard InChI is InChI=1S/C16H17ClF3N5O3S/c1-2-27-11(26)8-28-10-4-3-9(7-10)25-14-12(23-24-25)13(17)21-15(22-14)29-6-5-16(18,19)20/h3-4,9-10H,2,5-8H2,1H3. The van der Waals surface area contributed by atoms with Crippen LogP contribution in [0.5, 0.6) is 0 Å². The van der Waals surface area contributed by atoms with Gasteiger partial charge in [0.05, 0.1) is 25.2 Å². The third-order valence-corrected chi connectivity index (χ3v) is 5.05. The first-order valence-corrected chi connectivity index (χ1v) is 10.1. The Kier molecular flexibility index (Phi) is 6.96. The average Bonchev–Trinajstić information content (AvgIpc) is 3.26. The molecule has 0 amide bonds. The lowest BCUT2D eigenvalue weighted by Crippen LogP contribution is -2.19. The van der Waals surface area contributed by atoms with Gasteiger partial charge < -0.3 is 9.47 Å². The Morgan fingerprint density at radius 3 is 2.90 bits per heavy atom. The zero-order valence-electron chi connectivity index (χ0n) is 15.2. The number of nitrogens with zero attached hydrogens (tertiary/aromatic N) is 5. The van der Waals surface area contributed by atoms with Gasteiger partial charge in [-0.05, 0) is 6.92 Å². The molecule has 0 aliphatic heterocycles. The lowest BCUT2D eigenvalue weighted by atomic mass is 10.2. The van der Waals surface area contributed by atoms with Crippen molar-refractivity contribution in [3.63, 3.8) is 0 Å². The zero-order chi connectivity index (χ0) is 21.0. The van der Waals surface area contributed by atoms with Crippen molar-refractivity contribution in [2.75, 3.05) is 19.0 Å². The van der Waals surface area contributed by atoms with Crippen LogP contribution in [0.1, 0.15) is 25.8 Å². The molecule has 0 spiro atoms. The van der Waals surface area contributed by atoms with Crippen LogP contribution in [-0.2, 0) is 14.3 Å². The van der Waals surface area contributed by atoms with E-state index in [1.54, 1.807) is 13.0 Å². The minimum atomic E-state index is -4.25. The van der Waals surface area contributed by atoms with E-state index in [4.69, 9.17) is 21.1 Å². The summed E-state index contributed by atoms with van der Waals surface area (Å²) in [6, 6.07) is -0.258. The van der Waals surface area contributed by atoms with Crippen molar-refractivity contribution < 1.29 is 27.4 Å². The Morgan fingerprint density at radius 1 is 1.38 bits per heavy atom. The van der Waals surface area contributed by atoms with Gasteiger partial charge in [-0.3, -0.25) is 0 Å². The Hall–Kier alpha value is -1.92. The molecule has 8 nitrogen and oxygen atoms in total. The van der Waals surface area contributed by atoms with Crippen molar-refractivity contribution in [1.29, 1.82) is 0 Å². The van der Waals surface area contributed by atoms with Crippen LogP contribution in [-0.4, -0.2) is 62.2 Å². The molecule has 0 bridgehead atoms. The van der Waals surface area contributed by atoms with E-state index in [0.717, 1.165) is 11.8 Å². The Balaban J connectivity index is 1.68. The zero-order valence-corrected chi connectivity index (χ0v) is 16.8. The van der Waals surface area contributed by atoms with E-state index in [9.17, 15) is 18.0 Å². The lowest BCUT2D eigenvalue weighted by Gasteiger charge is -2.13. The molecule has 3 rings (SSSR count). The highest BCUT2D eigenvalue weighted by atomic mass is 35.5. The van der Waals surface area contributed by atoms with E-state index in [-0.39, 0.29) is 46.9 Å². The summed E-state index contributed by atoms with van der Waals surface area (Å²) in [6.45, 7) is 1.82. The number of carbonyl (C=O) groups is 1. The number of hydrogen-bond acceptors (Lipinski definition) is 8. The first-order chi connectivity index (χ1) is 13.8. The van der Waals surface area contributed by atoms with Crippen molar-refractivity contribution >= 4 is 40.5 Å². The minimum Gasteiger partial charge on any atom is -0.464 e. The molecular formula is C16H17ClF3N5O3S. The summed E-state index contributed by atoms with van der Waals surface area (Å²) in [5, 5.41) is 8.15. The van der Waals surface area contributed by atoms with Crippen LogP contribution in [0.4, 0.5) is 13.2 Å². The molecule has 0 fully saturated rings. The van der Waals surface area contributed by atoms with Crippen LogP contribution in [0, 0.1) is 0 Å². The molecule has 0 radical (unpaired) electrons. The maximum absolute atomic E-state index is 12.3. The van der Waals surface area contributed by atoms with Crippen molar-refractivity contribution in [1.82, 2.24) is 25.0 Å². The fourth-order valence-electron chi connectivity index (χ4n) is 2.65. The summed E-state index contributed by atoms with van der Waals surface area (Å²) in [6.07, 6.45) is -1.43. The quantitative estimate of drug-likeness (QED) is 0.198. The highest BCUT2D eigenvalue weighted by Crippen LogP contribution is 2.30. The molecule has 2 aromatic heterocycles. The van der Waals surface area contributed by atoms with E-state index < -0.39 is 18.6 Å². The molecule has 13 heteroatoms. The Labute approximate surface area is 172 Å². The van der Waals surface area contributed by atoms with Gasteiger partial charge in [0, 0.05) is 12.2 Å². The van der Waals surface area contributed by atoms with Crippen molar-refractivity contribution in [2.45, 2.75) is 43.2 Å². The number of thioether (sulfide) groups is 1. The summed E-state index contributed by atoms with van der Waals surface area (Å²) >= 11 is 6.96. The molecular weight excluding hydrogens is 435 g/mol. The highest BCUT2D eigenvalue weighted by molar-refractivity contribution is 7.99. The molecule has 2 aromatic rings. The van der Waals surface area contributed by atoms with Gasteiger partial charge in [-0.1, -0.05) is 40.7 Å². The average molecular weight is 452 g/mol. The lowest BCUT2D eigenvalue weighted by molar-refractivity contribution is -0.149. The predicted octanol–water partition coefficient (Wildman–Crippen LogP) is 3.37. The number of carbonyl (C=O) groups excluding carboxylic acids is 1. The third-order valence-electron chi connectivity index (χ3n) is 3.93. The molecule has 0 saturated carbocycles. The molecule has 158 valence electrons. The topological polar surface area (TPSA) is 92.0 Å². The van der Waals surface area contributed by atoms with Crippen molar-refractivity contribution in [3.05, 3.63) is 17.3 Å². The summed E-state index contributed by atoms with van der Waals surface area (Å²) < 4.78 is 48.9. The molecule has 2 heterocycles. The molecule has 29 heavy (non-hydrogen) atoms. The van der Waals surface area contributed by atoms with Crippen LogP contribution in [0.15, 0.2) is 17.3 Å². The van der Waals surface area contributed by atoms with Gasteiger partial charge in [0.2, 0.25) is 0 Å². The van der Waals surface area contributed by atoms with Gasteiger partial charge in [-0.25, -0.2) is 19.4 Å². The number of rotatable bonds is 8. The van der Waals surface area contributed by atoms with Gasteiger partial charge in [-0.2, -0.15) is 13.2 Å². The second-order valence-electron chi connectivity index (χ2n) is 6.06. The monoisotopic (exact) mass is 451 g/mol. The summed E-state index contributed by atoms with van der Waals surface area (Å²) in [7, 11) is 0. The molecule has 0 aromatic carbocycles. The summed E-state index contributed by atoms with van der Waals surface area (Å²) in [5.41, 5.74) is 0.580. The van der Waals surface area contributed by atoms with Crippen LogP contribution in [0.2, 0.25) is 5.15 Å². The normalized spacial score (nSPS) is 19.2. The van der Waals surface area contributed by atoms with E-state index in [0.29, 0.717) is 12.1 Å². The minimum absolute atomic E-state index is 0.0212. The Morgan fingerprint density at radius 2 is 2.17 bits per heavy atom. The predicted molar refractivity (Wildman–Crippen MR) is 98.7 cm³/mol. The van der Waals surface area contributed by atoms with Gasteiger partial charge >= 0.3 is 12.1 Å². The molecule has 0 saturated heterocycles. The largest absolute Gasteiger partial charge is 0.464 e. The highest BCUT2D eigenvalue weighted by Gasteiger charge is 2.28. The van der Waals surface area contributed by atoms with Gasteiger partial charge in [0.15, 0.2) is 21.5 Å². The SMILES string of the molecule is CCOC(=O)COC1C=CC(n2nnc3c(Cl)nc(SCCC(F)(F)F)nc32)C1. The number of esters is 1. The molecule has 1 aliphatic carbocycles. The maximum atomic E-state index is 12.3. The first kappa shape index (κ1) is 21.8. The van der Waals surface area contributed by atoms with E-state index in [1.165, 1.54) is 4.68 Å². The number of aromatic nitrogens is 5. The molecule has 1 aliphatic rings. The fraction of sp³-hybridized carbons (Fsp3) is 0.562. The molecule has 2 atom stereocenters. The number of fused-ring (bicyclic) bond motifs is 1. The van der Waals surface area contributed by atoms with E-state index in [2.05, 4.69) is 20.3 Å². The van der Waals surface area contributed by atoms with Crippen LogP contribution in [0.25, 0.3) is 11.2 Å². The molecule has 2 unspecified atom stereocenters. The van der Waals surface area contributed by atoms with E-state index >= 15 is 0 Å². The summed E-state index contributed by atoms with van der Waals surface area (Å²) in [4.78, 5) is 19.7. The maximum Gasteiger partial charge on any atom is 0.389 e. The number of allylic oxidation sites excluding steroid dienone is 1. The van der Waals surface area contributed by atoms with Crippen LogP contribution >= 0.6 is 23.4 Å². The second kappa shape index (κ2) is 9.26. The van der Waals surface area contributed by atoms with Crippen molar-refractivity contribution in [2.24, 2.45) is 0 Å². The van der Waals surface area contributed by atoms with Gasteiger partial charge in [-0.15, -0.1) is 5.10 Å². The van der Waals surface area contributed by atoms with Crippen LogP contribution in [0.3, 0.4) is 0 Å². The number of ether oxygens (including phenoxy) is 2. The van der Waals surface area contributed by atoms with Crippen LogP contribution < -0.4 is 0 Å². The van der Waals surface area contributed by atoms with Gasteiger partial charge in [0.1, 0.15) is 6.61 Å². The number of hydrogen-bond donors (Lipinski definition) is 0. The molecule has 0 N–H and O–H groups in total. The fourth-order valence-corrected chi connectivity index (χ4v) is 3.73. The second-order valence-corrected chi connectivity index (χ2v) is 7.48. The first-order valence-electron chi connectivity index (χ1n) is 8.70. The van der Waals surface area contributed by atoms with E-state index in [1.807, 2.05) is 6.08 Å². The smallest absolute Gasteiger partial charge is 0.389 e. The number of alkyl halides is 3. The van der Waals surface area contributed by atoms with Crippen molar-refractivity contribution in [3.8, 4) is 0 Å². The Bertz CT molecular complexity index is 908. The number of halogens is 4.